The van der Waals surface area contributed by atoms with Crippen LogP contribution < -0.4 is 10.5 Å². The van der Waals surface area contributed by atoms with Crippen LogP contribution in [-0.2, 0) is 16.5 Å². The van der Waals surface area contributed by atoms with E-state index in [4.69, 9.17) is 26.1 Å². The Morgan fingerprint density at radius 2 is 1.94 bits per heavy atom. The summed E-state index contributed by atoms with van der Waals surface area (Å²) >= 11 is 5.95. The summed E-state index contributed by atoms with van der Waals surface area (Å²) in [5.41, 5.74) is 0.690. The van der Waals surface area contributed by atoms with Crippen LogP contribution in [-0.4, -0.2) is 53.0 Å². The molecule has 162 valence electrons. The molecule has 0 amide bonds. The normalized spacial score (nSPS) is 21.4. The number of rotatable bonds is 3. The van der Waals surface area contributed by atoms with Crippen molar-refractivity contribution in [1.29, 1.82) is 0 Å². The zero-order chi connectivity index (χ0) is 21.7. The summed E-state index contributed by atoms with van der Waals surface area (Å²) in [5.74, 6) is 0.660. The third kappa shape index (κ3) is 3.58. The van der Waals surface area contributed by atoms with E-state index in [0.29, 0.717) is 36.9 Å². The molecule has 3 aromatic rings. The van der Waals surface area contributed by atoms with Crippen molar-refractivity contribution in [3.8, 4) is 11.3 Å². The van der Waals surface area contributed by atoms with Gasteiger partial charge in [0.05, 0.1) is 29.3 Å². The molecule has 2 saturated heterocycles. The molecule has 2 atom stereocenters. The van der Waals surface area contributed by atoms with Crippen molar-refractivity contribution in [2.24, 2.45) is 7.05 Å². The van der Waals surface area contributed by atoms with E-state index in [0.717, 1.165) is 13.0 Å². The van der Waals surface area contributed by atoms with E-state index in [1.807, 2.05) is 0 Å². The molecule has 0 aliphatic carbocycles. The molecule has 0 saturated carbocycles. The molecular formula is C22H22ClFN4O3. The van der Waals surface area contributed by atoms with Gasteiger partial charge >= 0.3 is 0 Å². The van der Waals surface area contributed by atoms with Gasteiger partial charge in [-0.1, -0.05) is 11.6 Å². The number of hydrogen-bond donors (Lipinski definition) is 0. The highest BCUT2D eigenvalue weighted by Gasteiger charge is 2.34. The first-order chi connectivity index (χ1) is 14.9. The van der Waals surface area contributed by atoms with Crippen LogP contribution in [0.3, 0.4) is 0 Å². The lowest BCUT2D eigenvalue weighted by atomic mass is 10.0. The summed E-state index contributed by atoms with van der Waals surface area (Å²) in [6.45, 7) is 4.30. The van der Waals surface area contributed by atoms with E-state index in [9.17, 15) is 9.18 Å². The molecule has 4 heterocycles. The molecule has 0 spiro atoms. The van der Waals surface area contributed by atoms with Crippen LogP contribution in [0.4, 0.5) is 10.2 Å². The molecular weight excluding hydrogens is 423 g/mol. The van der Waals surface area contributed by atoms with Gasteiger partial charge in [0.15, 0.2) is 0 Å². The maximum absolute atomic E-state index is 14.9. The molecule has 7 nitrogen and oxygen atoms in total. The summed E-state index contributed by atoms with van der Waals surface area (Å²) in [7, 11) is 1.64. The zero-order valence-corrected chi connectivity index (χ0v) is 18.0. The van der Waals surface area contributed by atoms with Crippen LogP contribution in [0.5, 0.6) is 0 Å². The van der Waals surface area contributed by atoms with Crippen LogP contribution in [0.15, 0.2) is 29.1 Å². The van der Waals surface area contributed by atoms with Gasteiger partial charge in [0.1, 0.15) is 23.6 Å². The molecule has 2 fully saturated rings. The van der Waals surface area contributed by atoms with Crippen molar-refractivity contribution in [2.75, 3.05) is 31.2 Å². The molecule has 0 radical (unpaired) electrons. The second-order valence-electron chi connectivity index (χ2n) is 7.92. The number of aryl methyl sites for hydroxylation is 1. The highest BCUT2D eigenvalue weighted by Crippen LogP contribution is 2.32. The first-order valence-corrected chi connectivity index (χ1v) is 10.6. The van der Waals surface area contributed by atoms with Crippen LogP contribution in [0.25, 0.3) is 22.2 Å². The Morgan fingerprint density at radius 1 is 1.16 bits per heavy atom. The number of nitrogens with zero attached hydrogens (tertiary/aromatic N) is 4. The van der Waals surface area contributed by atoms with Gasteiger partial charge in [-0.25, -0.2) is 14.4 Å². The van der Waals surface area contributed by atoms with Gasteiger partial charge < -0.3 is 14.4 Å². The lowest BCUT2D eigenvalue weighted by Gasteiger charge is -2.40. The number of aromatic nitrogens is 3. The maximum atomic E-state index is 14.9. The van der Waals surface area contributed by atoms with Crippen molar-refractivity contribution in [3.05, 3.63) is 51.3 Å². The van der Waals surface area contributed by atoms with Gasteiger partial charge in [0.25, 0.3) is 5.56 Å². The number of morpholine rings is 1. The first kappa shape index (κ1) is 20.4. The van der Waals surface area contributed by atoms with Crippen LogP contribution in [0, 0.1) is 12.7 Å². The van der Waals surface area contributed by atoms with Crippen molar-refractivity contribution in [3.63, 3.8) is 0 Å². The fourth-order valence-electron chi connectivity index (χ4n) is 4.08. The average Bonchev–Trinajstić information content (AvgIpc) is 2.70. The van der Waals surface area contributed by atoms with Gasteiger partial charge in [-0.2, -0.15) is 0 Å². The number of fused-ring (bicyclic) bond motifs is 1. The largest absolute Gasteiger partial charge is 0.375 e. The van der Waals surface area contributed by atoms with E-state index in [1.54, 1.807) is 32.2 Å². The summed E-state index contributed by atoms with van der Waals surface area (Å²) in [4.78, 5) is 24.5. The van der Waals surface area contributed by atoms with Gasteiger partial charge in [-0.3, -0.25) is 9.36 Å². The van der Waals surface area contributed by atoms with Gasteiger partial charge in [-0.05, 0) is 31.5 Å². The van der Waals surface area contributed by atoms with E-state index in [1.165, 1.54) is 10.6 Å². The molecule has 2 aliphatic rings. The lowest BCUT2D eigenvalue weighted by molar-refractivity contribution is -0.140. The number of ether oxygens (including phenoxy) is 2. The van der Waals surface area contributed by atoms with E-state index in [2.05, 4.69) is 9.88 Å². The number of pyridine rings is 1. The topological polar surface area (TPSA) is 69.5 Å². The fourth-order valence-corrected chi connectivity index (χ4v) is 4.23. The van der Waals surface area contributed by atoms with Gasteiger partial charge in [-0.15, -0.1) is 0 Å². The minimum Gasteiger partial charge on any atom is -0.375 e. The molecule has 0 bridgehead atoms. The van der Waals surface area contributed by atoms with Crippen molar-refractivity contribution >= 4 is 28.3 Å². The van der Waals surface area contributed by atoms with Crippen LogP contribution in [0.2, 0.25) is 5.02 Å². The minimum atomic E-state index is -0.538. The first-order valence-electron chi connectivity index (χ1n) is 10.2. The predicted octanol–water partition coefficient (Wildman–Crippen LogP) is 3.09. The Hall–Kier alpha value is -2.55. The number of benzene rings is 1. The standard InChI is InChI=1S/C22H22ClFN4O3/c1-12-25-16-10-19(28-6-8-31-18(11-28)17-5-7-30-17)26-21(20(16)22(29)27(12)2)14-4-3-13(23)9-15(14)24/h3-4,9-10,17-18H,5-8,11H2,1-2H3/t17-,18-/m0/s1. The Bertz CT molecular complexity index is 1230. The number of hydrogen-bond acceptors (Lipinski definition) is 6. The molecule has 0 unspecified atom stereocenters. The highest BCUT2D eigenvalue weighted by molar-refractivity contribution is 6.30. The molecule has 2 aromatic heterocycles. The van der Waals surface area contributed by atoms with Gasteiger partial charge in [0, 0.05) is 43.4 Å². The van der Waals surface area contributed by atoms with E-state index >= 15 is 0 Å². The Labute approximate surface area is 183 Å². The minimum absolute atomic E-state index is 0.0472. The SMILES string of the molecule is Cc1nc2cc(N3CCO[C@H]([C@@H]4CCO4)C3)nc(-c3ccc(Cl)cc3F)c2c(=O)n1C. The number of anilines is 1. The average molecular weight is 445 g/mol. The molecule has 5 rings (SSSR count). The summed E-state index contributed by atoms with van der Waals surface area (Å²) in [6, 6.07) is 6.16. The van der Waals surface area contributed by atoms with Crippen molar-refractivity contribution in [2.45, 2.75) is 25.6 Å². The molecule has 1 aromatic carbocycles. The lowest BCUT2D eigenvalue weighted by Crippen LogP contribution is -2.52. The molecule has 2 aliphatic heterocycles. The quantitative estimate of drug-likeness (QED) is 0.618. The van der Waals surface area contributed by atoms with Crippen LogP contribution in [0.1, 0.15) is 12.2 Å². The highest BCUT2D eigenvalue weighted by atomic mass is 35.5. The molecule has 31 heavy (non-hydrogen) atoms. The number of halogens is 2. The van der Waals surface area contributed by atoms with E-state index in [-0.39, 0.29) is 39.4 Å². The Kier molecular flexibility index (Phi) is 5.16. The molecule has 0 N–H and O–H groups in total. The fraction of sp³-hybridized carbons (Fsp3) is 0.409. The monoisotopic (exact) mass is 444 g/mol. The van der Waals surface area contributed by atoms with Crippen LogP contribution >= 0.6 is 11.6 Å². The maximum Gasteiger partial charge on any atom is 0.263 e. The van der Waals surface area contributed by atoms with E-state index < -0.39 is 5.82 Å². The third-order valence-corrected chi connectivity index (χ3v) is 6.26. The predicted molar refractivity (Wildman–Crippen MR) is 116 cm³/mol. The summed E-state index contributed by atoms with van der Waals surface area (Å²) in [6.07, 6.45) is 1.01. The van der Waals surface area contributed by atoms with Crippen molar-refractivity contribution < 1.29 is 13.9 Å². The molecule has 9 heteroatoms. The second kappa shape index (κ2) is 7.85. The zero-order valence-electron chi connectivity index (χ0n) is 17.3. The van der Waals surface area contributed by atoms with Gasteiger partial charge in [0.2, 0.25) is 0 Å². The summed E-state index contributed by atoms with van der Waals surface area (Å²) < 4.78 is 27.8. The summed E-state index contributed by atoms with van der Waals surface area (Å²) in [5, 5.41) is 0.560. The Balaban J connectivity index is 1.68. The van der Waals surface area contributed by atoms with Crippen molar-refractivity contribution in [1.82, 2.24) is 14.5 Å². The Morgan fingerprint density at radius 3 is 2.65 bits per heavy atom. The smallest absolute Gasteiger partial charge is 0.263 e. The second-order valence-corrected chi connectivity index (χ2v) is 8.36. The third-order valence-electron chi connectivity index (χ3n) is 6.02.